The second-order valence-corrected chi connectivity index (χ2v) is 6.77. The summed E-state index contributed by atoms with van der Waals surface area (Å²) in [6.45, 7) is 6.58. The van der Waals surface area contributed by atoms with E-state index in [1.165, 1.54) is 14.0 Å². The van der Waals surface area contributed by atoms with Gasteiger partial charge in [-0.1, -0.05) is 38.1 Å². The number of carbonyl (C=O) groups is 1. The van der Waals surface area contributed by atoms with Gasteiger partial charge < -0.3 is 4.74 Å². The van der Waals surface area contributed by atoms with Gasteiger partial charge in [0.05, 0.1) is 5.56 Å². The van der Waals surface area contributed by atoms with Gasteiger partial charge in [0.25, 0.3) is 0 Å². The Kier molecular flexibility index (Phi) is 6.52. The van der Waals surface area contributed by atoms with Gasteiger partial charge in [-0.25, -0.2) is 0 Å². The molecule has 2 rings (SSSR count). The minimum absolute atomic E-state index is 0.123. The molecule has 8 heteroatoms. The number of nitriles is 1. The van der Waals surface area contributed by atoms with Crippen molar-refractivity contribution in [1.82, 2.24) is 9.78 Å². The highest BCUT2D eigenvalue weighted by Gasteiger charge is 2.40. The Morgan fingerprint density at radius 2 is 1.90 bits per heavy atom. The third kappa shape index (κ3) is 4.67. The number of benzene rings is 1. The fourth-order valence-corrected chi connectivity index (χ4v) is 2.91. The summed E-state index contributed by atoms with van der Waals surface area (Å²) >= 11 is 0. The SMILES string of the molecule is CCC(C)c1ccc(/C(C#N)=C(\OC(C)=O)c2c(C(F)(F)F)nn(C)c2C)cc1. The van der Waals surface area contributed by atoms with E-state index in [1.54, 1.807) is 12.1 Å². The maximum atomic E-state index is 13.6. The molecule has 0 saturated heterocycles. The first-order chi connectivity index (χ1) is 13.5. The molecule has 0 saturated carbocycles. The molecule has 154 valence electrons. The number of hydrogen-bond acceptors (Lipinski definition) is 4. The first-order valence-electron chi connectivity index (χ1n) is 9.05. The molecule has 2 aromatic rings. The molecular formula is C21H22F3N3O2. The van der Waals surface area contributed by atoms with E-state index in [9.17, 15) is 23.2 Å². The average Bonchev–Trinajstić information content (AvgIpc) is 2.96. The van der Waals surface area contributed by atoms with Crippen LogP contribution in [0.4, 0.5) is 13.2 Å². The molecule has 0 aliphatic heterocycles. The number of carbonyl (C=O) groups excluding carboxylic acids is 1. The van der Waals surface area contributed by atoms with Crippen molar-refractivity contribution >= 4 is 17.3 Å². The van der Waals surface area contributed by atoms with E-state index in [0.29, 0.717) is 11.5 Å². The van der Waals surface area contributed by atoms with Gasteiger partial charge in [-0.15, -0.1) is 0 Å². The van der Waals surface area contributed by atoms with E-state index < -0.39 is 29.2 Å². The third-order valence-corrected chi connectivity index (χ3v) is 4.80. The number of halogens is 3. The van der Waals surface area contributed by atoms with E-state index in [4.69, 9.17) is 4.74 Å². The van der Waals surface area contributed by atoms with Crippen LogP contribution in [0.5, 0.6) is 0 Å². The van der Waals surface area contributed by atoms with Gasteiger partial charge in [-0.05, 0) is 30.4 Å². The first-order valence-corrected chi connectivity index (χ1v) is 9.05. The number of nitrogens with zero attached hydrogens (tertiary/aromatic N) is 3. The number of aromatic nitrogens is 2. The molecule has 5 nitrogen and oxygen atoms in total. The van der Waals surface area contributed by atoms with E-state index in [0.717, 1.165) is 23.6 Å². The van der Waals surface area contributed by atoms with Gasteiger partial charge in [0.15, 0.2) is 11.5 Å². The van der Waals surface area contributed by atoms with Crippen LogP contribution in [0.25, 0.3) is 11.3 Å². The molecule has 0 radical (unpaired) electrons. The van der Waals surface area contributed by atoms with Gasteiger partial charge in [0.1, 0.15) is 11.6 Å². The van der Waals surface area contributed by atoms with E-state index in [-0.39, 0.29) is 11.3 Å². The third-order valence-electron chi connectivity index (χ3n) is 4.80. The Bertz CT molecular complexity index is 980. The topological polar surface area (TPSA) is 67.9 Å². The Morgan fingerprint density at radius 3 is 2.34 bits per heavy atom. The number of hydrogen-bond donors (Lipinski definition) is 0. The van der Waals surface area contributed by atoms with Gasteiger partial charge in [-0.2, -0.15) is 23.5 Å². The highest BCUT2D eigenvalue weighted by Crippen LogP contribution is 2.39. The number of alkyl halides is 3. The summed E-state index contributed by atoms with van der Waals surface area (Å²) in [5.74, 6) is -0.988. The zero-order valence-corrected chi connectivity index (χ0v) is 16.9. The van der Waals surface area contributed by atoms with Crippen LogP contribution >= 0.6 is 0 Å². The number of esters is 1. The fourth-order valence-electron chi connectivity index (χ4n) is 2.91. The van der Waals surface area contributed by atoms with Gasteiger partial charge in [-0.3, -0.25) is 9.48 Å². The standard InChI is InChI=1S/C21H22F3N3O2/c1-6-12(2)15-7-9-16(10-8-15)17(11-25)19(29-14(4)28)18-13(3)27(5)26-20(18)21(22,23)24/h7-10,12H,6H2,1-5H3/b19-17-. The molecule has 29 heavy (non-hydrogen) atoms. The smallest absolute Gasteiger partial charge is 0.424 e. The van der Waals surface area contributed by atoms with Crippen molar-refractivity contribution in [1.29, 1.82) is 5.26 Å². The molecule has 0 aliphatic rings. The Hall–Kier alpha value is -3.08. The van der Waals surface area contributed by atoms with Crippen molar-refractivity contribution in [3.63, 3.8) is 0 Å². The Balaban J connectivity index is 2.78. The summed E-state index contributed by atoms with van der Waals surface area (Å²) in [5.41, 5.74) is -0.283. The van der Waals surface area contributed by atoms with Crippen LogP contribution in [-0.2, 0) is 22.8 Å². The number of aryl methyl sites for hydroxylation is 1. The summed E-state index contributed by atoms with van der Waals surface area (Å²) < 4.78 is 46.9. The molecule has 0 N–H and O–H groups in total. The predicted octanol–water partition coefficient (Wildman–Crippen LogP) is 5.22. The lowest BCUT2D eigenvalue weighted by molar-refractivity contribution is -0.142. The highest BCUT2D eigenvalue weighted by molar-refractivity contribution is 5.98. The predicted molar refractivity (Wildman–Crippen MR) is 102 cm³/mol. The molecular weight excluding hydrogens is 383 g/mol. The fraction of sp³-hybridized carbons (Fsp3) is 0.381. The van der Waals surface area contributed by atoms with Crippen molar-refractivity contribution in [2.75, 3.05) is 0 Å². The van der Waals surface area contributed by atoms with Gasteiger partial charge >= 0.3 is 12.1 Å². The van der Waals surface area contributed by atoms with Gasteiger partial charge in [0.2, 0.25) is 0 Å². The van der Waals surface area contributed by atoms with Crippen LogP contribution in [0.15, 0.2) is 24.3 Å². The summed E-state index contributed by atoms with van der Waals surface area (Å²) in [5, 5.41) is 13.3. The Labute approximate surface area is 167 Å². The van der Waals surface area contributed by atoms with Crippen molar-refractivity contribution in [3.05, 3.63) is 52.3 Å². The summed E-state index contributed by atoms with van der Waals surface area (Å²) in [6, 6.07) is 8.81. The maximum Gasteiger partial charge on any atom is 0.435 e. The van der Waals surface area contributed by atoms with Crippen molar-refractivity contribution in [3.8, 4) is 6.07 Å². The largest absolute Gasteiger partial charge is 0.435 e. The van der Waals surface area contributed by atoms with Crippen LogP contribution in [0.2, 0.25) is 0 Å². The summed E-state index contributed by atoms with van der Waals surface area (Å²) in [7, 11) is 1.35. The van der Waals surface area contributed by atoms with Crippen LogP contribution in [0.1, 0.15) is 61.2 Å². The molecule has 0 amide bonds. The van der Waals surface area contributed by atoms with Crippen LogP contribution in [-0.4, -0.2) is 15.7 Å². The zero-order valence-electron chi connectivity index (χ0n) is 16.9. The van der Waals surface area contributed by atoms with Crippen LogP contribution in [0.3, 0.4) is 0 Å². The lowest BCUT2D eigenvalue weighted by Crippen LogP contribution is -2.12. The second-order valence-electron chi connectivity index (χ2n) is 6.77. The lowest BCUT2D eigenvalue weighted by atomic mass is 9.94. The lowest BCUT2D eigenvalue weighted by Gasteiger charge is -2.14. The average molecular weight is 405 g/mol. The van der Waals surface area contributed by atoms with E-state index in [2.05, 4.69) is 12.0 Å². The van der Waals surface area contributed by atoms with E-state index >= 15 is 0 Å². The summed E-state index contributed by atoms with van der Waals surface area (Å²) in [6.07, 6.45) is -3.86. The minimum Gasteiger partial charge on any atom is -0.424 e. The quantitative estimate of drug-likeness (QED) is 0.389. The molecule has 0 bridgehead atoms. The molecule has 0 fully saturated rings. The molecule has 1 aromatic carbocycles. The molecule has 1 aromatic heterocycles. The molecule has 1 atom stereocenters. The van der Waals surface area contributed by atoms with Crippen LogP contribution < -0.4 is 0 Å². The summed E-state index contributed by atoms with van der Waals surface area (Å²) in [4.78, 5) is 11.7. The van der Waals surface area contributed by atoms with Crippen molar-refractivity contribution in [2.24, 2.45) is 7.05 Å². The maximum absolute atomic E-state index is 13.6. The zero-order chi connectivity index (χ0) is 21.9. The van der Waals surface area contributed by atoms with Crippen molar-refractivity contribution in [2.45, 2.75) is 46.2 Å². The molecule has 0 spiro atoms. The highest BCUT2D eigenvalue weighted by atomic mass is 19.4. The van der Waals surface area contributed by atoms with Gasteiger partial charge in [0, 0.05) is 19.7 Å². The molecule has 1 unspecified atom stereocenters. The van der Waals surface area contributed by atoms with Crippen molar-refractivity contribution < 1.29 is 22.7 Å². The van der Waals surface area contributed by atoms with E-state index in [1.807, 2.05) is 25.1 Å². The second kappa shape index (κ2) is 8.52. The minimum atomic E-state index is -4.78. The normalized spacial score (nSPS) is 13.5. The Morgan fingerprint density at radius 1 is 1.31 bits per heavy atom. The monoisotopic (exact) mass is 405 g/mol. The first kappa shape index (κ1) is 22.2. The molecule has 1 heterocycles. The number of ether oxygens (including phenoxy) is 1. The number of allylic oxidation sites excluding steroid dienone is 1. The number of rotatable bonds is 5. The molecule has 0 aliphatic carbocycles. The van der Waals surface area contributed by atoms with Crippen LogP contribution in [0, 0.1) is 18.3 Å².